The van der Waals surface area contributed by atoms with E-state index in [1.54, 1.807) is 13.0 Å². The number of rotatable bonds is 7. The second-order valence-corrected chi connectivity index (χ2v) is 6.33. The lowest BCUT2D eigenvalue weighted by Gasteiger charge is -2.10. The predicted octanol–water partition coefficient (Wildman–Crippen LogP) is 3.03. The number of nitro groups is 1. The van der Waals surface area contributed by atoms with Crippen LogP contribution in [0.4, 0.5) is 15.9 Å². The van der Waals surface area contributed by atoms with E-state index in [4.69, 9.17) is 9.47 Å². The highest BCUT2D eigenvalue weighted by atomic mass is 19.1. The number of carbonyl (C=O) groups excluding carboxylic acids is 2. The van der Waals surface area contributed by atoms with Gasteiger partial charge in [-0.05, 0) is 37.3 Å². The molecule has 0 radical (unpaired) electrons. The number of hydrogen-bond acceptors (Lipinski definition) is 7. The van der Waals surface area contributed by atoms with E-state index in [-0.39, 0.29) is 22.8 Å². The molecule has 0 fully saturated rings. The first-order valence-corrected chi connectivity index (χ1v) is 8.90. The summed E-state index contributed by atoms with van der Waals surface area (Å²) in [6, 6.07) is 10.5. The fourth-order valence-corrected chi connectivity index (χ4v) is 2.72. The third kappa shape index (κ3) is 5.01. The van der Waals surface area contributed by atoms with Gasteiger partial charge in [0.15, 0.2) is 6.61 Å². The third-order valence-electron chi connectivity index (χ3n) is 4.12. The Kier molecular flexibility index (Phi) is 6.24. The van der Waals surface area contributed by atoms with Crippen LogP contribution >= 0.6 is 0 Å². The molecule has 31 heavy (non-hydrogen) atoms. The zero-order valence-electron chi connectivity index (χ0n) is 16.5. The number of esters is 1. The summed E-state index contributed by atoms with van der Waals surface area (Å²) in [6.07, 6.45) is 0. The van der Waals surface area contributed by atoms with Gasteiger partial charge < -0.3 is 14.8 Å². The maximum Gasteiger partial charge on any atom is 0.342 e. The Hall–Kier alpha value is -4.28. The Morgan fingerprint density at radius 2 is 1.90 bits per heavy atom. The van der Waals surface area contributed by atoms with Crippen LogP contribution in [0.3, 0.4) is 0 Å². The number of nitrogens with zero attached hydrogens (tertiary/aromatic N) is 3. The maximum absolute atomic E-state index is 13.2. The van der Waals surface area contributed by atoms with Gasteiger partial charge in [-0.25, -0.2) is 13.9 Å². The van der Waals surface area contributed by atoms with E-state index in [0.29, 0.717) is 11.4 Å². The minimum Gasteiger partial charge on any atom is -0.496 e. The minimum atomic E-state index is -0.959. The van der Waals surface area contributed by atoms with Crippen molar-refractivity contribution in [2.24, 2.45) is 0 Å². The molecule has 10 nitrogen and oxygen atoms in total. The van der Waals surface area contributed by atoms with Gasteiger partial charge in [-0.1, -0.05) is 0 Å². The molecule has 0 spiro atoms. The first-order valence-electron chi connectivity index (χ1n) is 8.90. The smallest absolute Gasteiger partial charge is 0.342 e. The number of ether oxygens (including phenoxy) is 2. The van der Waals surface area contributed by atoms with Crippen LogP contribution in [0.2, 0.25) is 0 Å². The highest BCUT2D eigenvalue weighted by Crippen LogP contribution is 2.25. The van der Waals surface area contributed by atoms with Crippen molar-refractivity contribution in [1.82, 2.24) is 9.78 Å². The number of amides is 1. The van der Waals surface area contributed by atoms with Crippen LogP contribution < -0.4 is 10.1 Å². The molecule has 0 saturated carbocycles. The molecular formula is C20H17FN4O6. The van der Waals surface area contributed by atoms with E-state index in [9.17, 15) is 24.1 Å². The van der Waals surface area contributed by atoms with E-state index >= 15 is 0 Å². The molecule has 160 valence electrons. The number of anilines is 1. The zero-order chi connectivity index (χ0) is 22.5. The summed E-state index contributed by atoms with van der Waals surface area (Å²) in [7, 11) is 1.30. The Bertz CT molecular complexity index is 1140. The fourth-order valence-electron chi connectivity index (χ4n) is 2.72. The van der Waals surface area contributed by atoms with Crippen LogP contribution in [0.5, 0.6) is 5.75 Å². The topological polar surface area (TPSA) is 126 Å². The monoisotopic (exact) mass is 428 g/mol. The molecule has 2 aromatic carbocycles. The first-order chi connectivity index (χ1) is 14.8. The van der Waals surface area contributed by atoms with Crippen molar-refractivity contribution in [2.75, 3.05) is 19.0 Å². The van der Waals surface area contributed by atoms with E-state index in [0.717, 1.165) is 6.07 Å². The standard InChI is InChI=1S/C20H17FN4O6/c1-12-9-18(24(23-12)14-5-3-13(21)4-6-14)22-19(26)11-31-20(27)16-10-15(25(28)29)7-8-17(16)30-2/h3-10H,11H2,1-2H3,(H,22,26). The highest BCUT2D eigenvalue weighted by Gasteiger charge is 2.20. The minimum absolute atomic E-state index is 0.0704. The lowest BCUT2D eigenvalue weighted by Crippen LogP contribution is -2.22. The molecule has 3 aromatic rings. The molecule has 3 rings (SSSR count). The van der Waals surface area contributed by atoms with Crippen molar-refractivity contribution in [3.05, 3.63) is 75.7 Å². The molecule has 0 aliphatic rings. The number of aromatic nitrogens is 2. The maximum atomic E-state index is 13.2. The molecule has 0 aliphatic heterocycles. The lowest BCUT2D eigenvalue weighted by molar-refractivity contribution is -0.384. The van der Waals surface area contributed by atoms with Crippen LogP contribution in [0.15, 0.2) is 48.5 Å². The molecule has 1 heterocycles. The van der Waals surface area contributed by atoms with Gasteiger partial charge >= 0.3 is 5.97 Å². The molecule has 1 N–H and O–H groups in total. The number of non-ortho nitro benzene ring substituents is 1. The van der Waals surface area contributed by atoms with Gasteiger partial charge in [0, 0.05) is 18.2 Å². The summed E-state index contributed by atoms with van der Waals surface area (Å²) in [6.45, 7) is 1.06. The fraction of sp³-hybridized carbons (Fsp3) is 0.150. The van der Waals surface area contributed by atoms with Crippen molar-refractivity contribution in [2.45, 2.75) is 6.92 Å². The van der Waals surface area contributed by atoms with Crippen molar-refractivity contribution >= 4 is 23.4 Å². The summed E-state index contributed by atoms with van der Waals surface area (Å²) in [5, 5.41) is 17.7. The first kappa shape index (κ1) is 21.4. The molecule has 0 saturated heterocycles. The van der Waals surface area contributed by atoms with Gasteiger partial charge in [0.1, 0.15) is 22.9 Å². The summed E-state index contributed by atoms with van der Waals surface area (Å²) in [5.41, 5.74) is 0.605. The summed E-state index contributed by atoms with van der Waals surface area (Å²) in [4.78, 5) is 34.9. The Labute approximate surface area is 175 Å². The number of halogens is 1. The zero-order valence-corrected chi connectivity index (χ0v) is 16.5. The average Bonchev–Trinajstić information content (AvgIpc) is 3.11. The Morgan fingerprint density at radius 1 is 1.19 bits per heavy atom. The highest BCUT2D eigenvalue weighted by molar-refractivity contribution is 5.97. The second kappa shape index (κ2) is 9.03. The van der Waals surface area contributed by atoms with Crippen molar-refractivity contribution in [1.29, 1.82) is 0 Å². The van der Waals surface area contributed by atoms with Crippen molar-refractivity contribution < 1.29 is 28.4 Å². The Morgan fingerprint density at radius 3 is 2.55 bits per heavy atom. The molecule has 1 aromatic heterocycles. The van der Waals surface area contributed by atoms with Crippen LogP contribution in [0.1, 0.15) is 16.1 Å². The molecule has 0 unspecified atom stereocenters. The quantitative estimate of drug-likeness (QED) is 0.348. The summed E-state index contributed by atoms with van der Waals surface area (Å²) in [5.74, 6) is -1.68. The number of nitro benzene ring substituents is 1. The third-order valence-corrected chi connectivity index (χ3v) is 4.12. The largest absolute Gasteiger partial charge is 0.496 e. The van der Waals surface area contributed by atoms with Gasteiger partial charge in [-0.15, -0.1) is 0 Å². The van der Waals surface area contributed by atoms with Crippen LogP contribution in [0.25, 0.3) is 5.69 Å². The van der Waals surface area contributed by atoms with E-state index in [1.165, 1.54) is 48.2 Å². The molecule has 1 amide bonds. The van der Waals surface area contributed by atoms with Crippen molar-refractivity contribution in [3.63, 3.8) is 0 Å². The van der Waals surface area contributed by atoms with Gasteiger partial charge in [0.25, 0.3) is 11.6 Å². The van der Waals surface area contributed by atoms with E-state index in [1.807, 2.05) is 0 Å². The molecular weight excluding hydrogens is 411 g/mol. The average molecular weight is 428 g/mol. The normalized spacial score (nSPS) is 10.4. The molecule has 0 bridgehead atoms. The summed E-state index contributed by atoms with van der Waals surface area (Å²) >= 11 is 0. The summed E-state index contributed by atoms with van der Waals surface area (Å²) < 4.78 is 24.6. The van der Waals surface area contributed by atoms with Gasteiger partial charge in [-0.3, -0.25) is 14.9 Å². The van der Waals surface area contributed by atoms with Gasteiger partial charge in [0.05, 0.1) is 23.4 Å². The molecule has 11 heteroatoms. The van der Waals surface area contributed by atoms with Crippen LogP contribution in [-0.4, -0.2) is 40.3 Å². The van der Waals surface area contributed by atoms with E-state index in [2.05, 4.69) is 10.4 Å². The number of methoxy groups -OCH3 is 1. The molecule has 0 aliphatic carbocycles. The van der Waals surface area contributed by atoms with E-state index < -0.39 is 29.2 Å². The second-order valence-electron chi connectivity index (χ2n) is 6.33. The van der Waals surface area contributed by atoms with Crippen LogP contribution in [-0.2, 0) is 9.53 Å². The number of aryl methyl sites for hydroxylation is 1. The Balaban J connectivity index is 1.70. The SMILES string of the molecule is COc1ccc([N+](=O)[O-])cc1C(=O)OCC(=O)Nc1cc(C)nn1-c1ccc(F)cc1. The van der Waals surface area contributed by atoms with Crippen molar-refractivity contribution in [3.8, 4) is 11.4 Å². The lowest BCUT2D eigenvalue weighted by atomic mass is 10.2. The number of nitrogens with one attached hydrogen (secondary N) is 1. The number of benzene rings is 2. The van der Waals surface area contributed by atoms with Crippen LogP contribution in [0, 0.1) is 22.9 Å². The van der Waals surface area contributed by atoms with Gasteiger partial charge in [-0.2, -0.15) is 5.10 Å². The predicted molar refractivity (Wildman–Crippen MR) is 107 cm³/mol. The number of carbonyl (C=O) groups is 2. The number of hydrogen-bond donors (Lipinski definition) is 1. The molecule has 0 atom stereocenters. The van der Waals surface area contributed by atoms with Gasteiger partial charge in [0.2, 0.25) is 0 Å².